The van der Waals surface area contributed by atoms with Crippen LogP contribution in [0.4, 0.5) is 0 Å². The fraction of sp³-hybridized carbons (Fsp3) is 0.250. The van der Waals surface area contributed by atoms with E-state index in [1.165, 1.54) is 0 Å². The van der Waals surface area contributed by atoms with Gasteiger partial charge < -0.3 is 9.05 Å². The van der Waals surface area contributed by atoms with E-state index in [1.54, 1.807) is 48.5 Å². The fourth-order valence-electron chi connectivity index (χ4n) is 1.53. The Kier molecular flexibility index (Phi) is 5.43. The molecule has 0 aliphatic carbocycles. The smallest absolute Gasteiger partial charge is 0.395 e. The highest BCUT2D eigenvalue weighted by Gasteiger charge is 2.31. The molecule has 0 atom stereocenters. The van der Waals surface area contributed by atoms with Crippen molar-refractivity contribution in [3.63, 3.8) is 0 Å². The summed E-state index contributed by atoms with van der Waals surface area (Å²) in [5, 5.41) is 0. The predicted molar refractivity (Wildman–Crippen MR) is 82.5 cm³/mol. The number of hydrogen-bond acceptors (Lipinski definition) is 4. The molecule has 0 aliphatic rings. The summed E-state index contributed by atoms with van der Waals surface area (Å²) < 4.78 is 29.1. The van der Waals surface area contributed by atoms with E-state index in [2.05, 4.69) is 0 Å². The summed E-state index contributed by atoms with van der Waals surface area (Å²) in [6, 6.07) is 17.7. The van der Waals surface area contributed by atoms with Crippen LogP contribution in [0.15, 0.2) is 60.7 Å². The second-order valence-corrected chi connectivity index (χ2v) is 6.46. The average molecular weight is 306 g/mol. The lowest BCUT2D eigenvalue weighted by atomic mass is 10.2. The zero-order valence-corrected chi connectivity index (χ0v) is 13.0. The summed E-state index contributed by atoms with van der Waals surface area (Å²) in [5.41, 5.74) is 0. The van der Waals surface area contributed by atoms with Gasteiger partial charge in [-0.1, -0.05) is 50.2 Å². The summed E-state index contributed by atoms with van der Waals surface area (Å²) in [6.07, 6.45) is 0. The minimum absolute atomic E-state index is 0.220. The lowest BCUT2D eigenvalue weighted by Gasteiger charge is -2.19. The molecule has 0 aliphatic heterocycles. The molecule has 0 bridgehead atoms. The molecule has 0 heterocycles. The Balaban J connectivity index is 2.15. The van der Waals surface area contributed by atoms with E-state index >= 15 is 0 Å². The van der Waals surface area contributed by atoms with Crippen LogP contribution in [0.25, 0.3) is 0 Å². The van der Waals surface area contributed by atoms with Gasteiger partial charge in [0.15, 0.2) is 0 Å². The van der Waals surface area contributed by atoms with Gasteiger partial charge in [0.1, 0.15) is 11.5 Å². The van der Waals surface area contributed by atoms with Gasteiger partial charge in [-0.25, -0.2) is 4.57 Å². The SMILES string of the molecule is CC(C)COP(=O)(Oc1ccccc1)Oc1ccccc1. The van der Waals surface area contributed by atoms with E-state index in [0.29, 0.717) is 11.5 Å². The number of phosphoric ester groups is 1. The third-order valence-corrected chi connectivity index (χ3v) is 3.82. The van der Waals surface area contributed by atoms with Gasteiger partial charge in [-0.2, -0.15) is 0 Å². The van der Waals surface area contributed by atoms with E-state index in [1.807, 2.05) is 26.0 Å². The number of hydrogen-bond donors (Lipinski definition) is 0. The lowest BCUT2D eigenvalue weighted by molar-refractivity contribution is 0.188. The fourth-order valence-corrected chi connectivity index (χ4v) is 2.92. The molecule has 0 unspecified atom stereocenters. The normalized spacial score (nSPS) is 11.4. The van der Waals surface area contributed by atoms with E-state index in [-0.39, 0.29) is 12.5 Å². The van der Waals surface area contributed by atoms with Gasteiger partial charge in [-0.3, -0.25) is 4.52 Å². The molecule has 0 fully saturated rings. The Hall–Kier alpha value is -1.77. The van der Waals surface area contributed by atoms with Crippen molar-refractivity contribution in [2.75, 3.05) is 6.61 Å². The quantitative estimate of drug-likeness (QED) is 0.681. The Morgan fingerprint density at radius 1 is 0.857 bits per heavy atom. The van der Waals surface area contributed by atoms with Crippen LogP contribution in [-0.4, -0.2) is 6.61 Å². The van der Waals surface area contributed by atoms with Crippen molar-refractivity contribution in [1.82, 2.24) is 0 Å². The van der Waals surface area contributed by atoms with E-state index in [9.17, 15) is 4.57 Å². The largest absolute Gasteiger partial charge is 0.587 e. The monoisotopic (exact) mass is 306 g/mol. The molecule has 4 nitrogen and oxygen atoms in total. The van der Waals surface area contributed by atoms with Crippen LogP contribution in [0.3, 0.4) is 0 Å². The Morgan fingerprint density at radius 2 is 1.29 bits per heavy atom. The molecule has 0 saturated carbocycles. The third-order valence-electron chi connectivity index (χ3n) is 2.49. The topological polar surface area (TPSA) is 44.8 Å². The molecular weight excluding hydrogens is 287 g/mol. The number of phosphoric acid groups is 1. The van der Waals surface area contributed by atoms with Crippen LogP contribution < -0.4 is 9.05 Å². The van der Waals surface area contributed by atoms with Crippen LogP contribution in [0.2, 0.25) is 0 Å². The summed E-state index contributed by atoms with van der Waals surface area (Å²) in [6.45, 7) is 4.22. The van der Waals surface area contributed by atoms with Crippen molar-refractivity contribution in [1.29, 1.82) is 0 Å². The molecule has 112 valence electrons. The van der Waals surface area contributed by atoms with Crippen LogP contribution in [0.1, 0.15) is 13.8 Å². The zero-order valence-electron chi connectivity index (χ0n) is 12.1. The Morgan fingerprint density at radius 3 is 1.67 bits per heavy atom. The summed E-state index contributed by atoms with van der Waals surface area (Å²) in [5.74, 6) is 1.11. The minimum Gasteiger partial charge on any atom is -0.395 e. The predicted octanol–water partition coefficient (Wildman–Crippen LogP) is 4.93. The molecule has 21 heavy (non-hydrogen) atoms. The maximum atomic E-state index is 12.8. The maximum absolute atomic E-state index is 12.8. The van der Waals surface area contributed by atoms with Crippen molar-refractivity contribution < 1.29 is 18.1 Å². The van der Waals surface area contributed by atoms with Crippen LogP contribution in [0, 0.1) is 5.92 Å². The van der Waals surface area contributed by atoms with E-state index < -0.39 is 7.82 Å². The molecular formula is C16H19O4P. The molecule has 2 aromatic carbocycles. The number of benzene rings is 2. The molecule has 0 N–H and O–H groups in total. The molecule has 2 rings (SSSR count). The van der Waals surface area contributed by atoms with Crippen molar-refractivity contribution in [2.45, 2.75) is 13.8 Å². The molecule has 0 amide bonds. The summed E-state index contributed by atoms with van der Waals surface area (Å²) in [7, 11) is -3.72. The lowest BCUT2D eigenvalue weighted by Crippen LogP contribution is -2.09. The standard InChI is InChI=1S/C16H19O4P/c1-14(2)13-18-21(17,19-15-9-5-3-6-10-15)20-16-11-7-4-8-12-16/h3-12,14H,13H2,1-2H3. The Bertz CT molecular complexity index is 538. The zero-order chi connectivity index (χ0) is 15.1. The van der Waals surface area contributed by atoms with Gasteiger partial charge in [-0.15, -0.1) is 0 Å². The van der Waals surface area contributed by atoms with Crippen molar-refractivity contribution in [3.05, 3.63) is 60.7 Å². The average Bonchev–Trinajstić information content (AvgIpc) is 2.47. The van der Waals surface area contributed by atoms with Gasteiger partial charge >= 0.3 is 7.82 Å². The van der Waals surface area contributed by atoms with Gasteiger partial charge in [0.05, 0.1) is 6.61 Å². The number of rotatable bonds is 7. The van der Waals surface area contributed by atoms with Crippen LogP contribution in [0.5, 0.6) is 11.5 Å². The molecule has 0 aromatic heterocycles. The molecule has 0 spiro atoms. The second kappa shape index (κ2) is 7.30. The molecule has 5 heteroatoms. The van der Waals surface area contributed by atoms with E-state index in [4.69, 9.17) is 13.6 Å². The van der Waals surface area contributed by atoms with Gasteiger partial charge in [0.2, 0.25) is 0 Å². The highest BCUT2D eigenvalue weighted by molar-refractivity contribution is 7.49. The van der Waals surface area contributed by atoms with Crippen LogP contribution >= 0.6 is 7.82 Å². The van der Waals surface area contributed by atoms with Crippen molar-refractivity contribution in [3.8, 4) is 11.5 Å². The van der Waals surface area contributed by atoms with Crippen LogP contribution in [-0.2, 0) is 9.09 Å². The first-order valence-electron chi connectivity index (χ1n) is 6.81. The first-order chi connectivity index (χ1) is 10.1. The highest BCUT2D eigenvalue weighted by Crippen LogP contribution is 2.49. The van der Waals surface area contributed by atoms with Crippen molar-refractivity contribution >= 4 is 7.82 Å². The van der Waals surface area contributed by atoms with E-state index in [0.717, 1.165) is 0 Å². The maximum Gasteiger partial charge on any atom is 0.587 e. The summed E-state index contributed by atoms with van der Waals surface area (Å²) >= 11 is 0. The summed E-state index contributed by atoms with van der Waals surface area (Å²) in [4.78, 5) is 0. The third kappa shape index (κ3) is 5.25. The van der Waals surface area contributed by atoms with Gasteiger partial charge in [0, 0.05) is 0 Å². The Labute approximate surface area is 125 Å². The second-order valence-electron chi connectivity index (χ2n) is 4.95. The van der Waals surface area contributed by atoms with Crippen molar-refractivity contribution in [2.24, 2.45) is 5.92 Å². The first kappa shape index (κ1) is 15.6. The number of para-hydroxylation sites is 2. The van der Waals surface area contributed by atoms with Gasteiger partial charge in [-0.05, 0) is 30.2 Å². The van der Waals surface area contributed by atoms with Gasteiger partial charge in [0.25, 0.3) is 0 Å². The highest BCUT2D eigenvalue weighted by atomic mass is 31.2. The molecule has 0 saturated heterocycles. The minimum atomic E-state index is -3.72. The molecule has 2 aromatic rings. The first-order valence-corrected chi connectivity index (χ1v) is 8.27. The molecule has 0 radical (unpaired) electrons.